The predicted molar refractivity (Wildman–Crippen MR) is 79.8 cm³/mol. The summed E-state index contributed by atoms with van der Waals surface area (Å²) in [4.78, 5) is 4.49. The lowest BCUT2D eigenvalue weighted by atomic mass is 10.2. The van der Waals surface area contributed by atoms with E-state index in [9.17, 15) is 0 Å². The van der Waals surface area contributed by atoms with Crippen LogP contribution in [0.4, 0.5) is 5.69 Å². The van der Waals surface area contributed by atoms with Crippen molar-refractivity contribution < 1.29 is 0 Å². The van der Waals surface area contributed by atoms with Crippen molar-refractivity contribution >= 4 is 28.3 Å². The third-order valence-electron chi connectivity index (χ3n) is 3.14. The van der Waals surface area contributed by atoms with Gasteiger partial charge in [-0.25, -0.2) is 4.98 Å². The topological polar surface area (TPSA) is 67.6 Å². The van der Waals surface area contributed by atoms with Gasteiger partial charge in [-0.3, -0.25) is 4.57 Å². The Bertz CT molecular complexity index is 829. The van der Waals surface area contributed by atoms with Gasteiger partial charge in [-0.2, -0.15) is 5.26 Å². The van der Waals surface area contributed by atoms with Crippen LogP contribution < -0.4 is 5.73 Å². The molecule has 3 aromatic rings. The van der Waals surface area contributed by atoms with Crippen LogP contribution in [0, 0.1) is 11.3 Å². The van der Waals surface area contributed by atoms with E-state index in [-0.39, 0.29) is 6.42 Å². The Kier molecular flexibility index (Phi) is 3.05. The highest BCUT2D eigenvalue weighted by atomic mass is 35.5. The molecule has 1 aromatic heterocycles. The highest BCUT2D eigenvalue weighted by Gasteiger charge is 2.14. The smallest absolute Gasteiger partial charge is 0.128 e. The fourth-order valence-corrected chi connectivity index (χ4v) is 2.42. The second-order valence-electron chi connectivity index (χ2n) is 4.36. The Balaban J connectivity index is 2.37. The molecule has 2 N–H and O–H groups in total. The third-order valence-corrected chi connectivity index (χ3v) is 3.47. The number of nitrogens with zero attached hydrogens (tertiary/aromatic N) is 3. The number of nitriles is 1. The average Bonchev–Trinajstić information content (AvgIpc) is 2.80. The monoisotopic (exact) mass is 282 g/mol. The summed E-state index contributed by atoms with van der Waals surface area (Å²) in [5, 5.41) is 9.47. The second-order valence-corrected chi connectivity index (χ2v) is 4.77. The van der Waals surface area contributed by atoms with Crippen LogP contribution in [0.25, 0.3) is 16.7 Å². The normalized spacial score (nSPS) is 10.6. The summed E-state index contributed by atoms with van der Waals surface area (Å²) in [6, 6.07) is 15.3. The maximum Gasteiger partial charge on any atom is 0.128 e. The van der Waals surface area contributed by atoms with Gasteiger partial charge in [0.05, 0.1) is 39.9 Å². The number of para-hydroxylation sites is 3. The number of benzene rings is 2. The Hall–Kier alpha value is -2.51. The summed E-state index contributed by atoms with van der Waals surface area (Å²) < 4.78 is 1.89. The van der Waals surface area contributed by atoms with Crippen LogP contribution in [0.1, 0.15) is 5.82 Å². The lowest BCUT2D eigenvalue weighted by Crippen LogP contribution is -2.04. The van der Waals surface area contributed by atoms with Gasteiger partial charge in [0.15, 0.2) is 0 Å². The number of rotatable bonds is 2. The molecule has 4 nitrogen and oxygen atoms in total. The Morgan fingerprint density at radius 2 is 2.00 bits per heavy atom. The van der Waals surface area contributed by atoms with Crippen molar-refractivity contribution in [3.05, 3.63) is 53.3 Å². The van der Waals surface area contributed by atoms with Gasteiger partial charge in [-0.05, 0) is 24.3 Å². The van der Waals surface area contributed by atoms with E-state index in [1.807, 2.05) is 41.0 Å². The number of fused-ring (bicyclic) bond motifs is 1. The minimum atomic E-state index is 0.209. The van der Waals surface area contributed by atoms with E-state index in [2.05, 4.69) is 11.1 Å². The predicted octanol–water partition coefficient (Wildman–Crippen LogP) is 3.33. The third kappa shape index (κ3) is 1.89. The number of nitrogen functional groups attached to an aromatic ring is 1. The van der Waals surface area contributed by atoms with Gasteiger partial charge >= 0.3 is 0 Å². The molecular weight excluding hydrogens is 272 g/mol. The molecule has 0 amide bonds. The van der Waals surface area contributed by atoms with Crippen LogP contribution in [0.3, 0.4) is 0 Å². The van der Waals surface area contributed by atoms with E-state index in [4.69, 9.17) is 22.6 Å². The molecule has 0 radical (unpaired) electrons. The van der Waals surface area contributed by atoms with Crippen LogP contribution in [-0.2, 0) is 6.42 Å². The van der Waals surface area contributed by atoms with Gasteiger partial charge in [0.2, 0.25) is 0 Å². The van der Waals surface area contributed by atoms with Crippen molar-refractivity contribution in [1.29, 1.82) is 5.26 Å². The van der Waals surface area contributed by atoms with Crippen molar-refractivity contribution in [2.45, 2.75) is 6.42 Å². The summed E-state index contributed by atoms with van der Waals surface area (Å²) in [7, 11) is 0. The molecule has 2 aromatic carbocycles. The van der Waals surface area contributed by atoms with Crippen LogP contribution >= 0.6 is 11.6 Å². The number of hydrogen-bond acceptors (Lipinski definition) is 3. The second kappa shape index (κ2) is 4.87. The lowest BCUT2D eigenvalue weighted by Gasteiger charge is -2.11. The van der Waals surface area contributed by atoms with Crippen molar-refractivity contribution in [3.8, 4) is 11.8 Å². The van der Waals surface area contributed by atoms with Gasteiger partial charge in [0, 0.05) is 0 Å². The molecule has 0 atom stereocenters. The summed E-state index contributed by atoms with van der Waals surface area (Å²) in [6.45, 7) is 0. The maximum absolute atomic E-state index is 8.98. The van der Waals surface area contributed by atoms with Crippen molar-refractivity contribution in [3.63, 3.8) is 0 Å². The molecule has 0 saturated carbocycles. The number of aromatic nitrogens is 2. The van der Waals surface area contributed by atoms with Crippen LogP contribution in [0.5, 0.6) is 0 Å². The standard InChI is InChI=1S/C15H11ClN4/c16-10-4-3-7-13(15(10)18)20-12-6-2-1-5-11(12)19-14(20)8-9-17/h1-7H,8,18H2. The molecule has 98 valence electrons. The van der Waals surface area contributed by atoms with Gasteiger partial charge in [0.1, 0.15) is 5.82 Å². The van der Waals surface area contributed by atoms with Crippen molar-refractivity contribution in [1.82, 2.24) is 9.55 Å². The fraction of sp³-hybridized carbons (Fsp3) is 0.0667. The number of anilines is 1. The number of hydrogen-bond donors (Lipinski definition) is 1. The summed E-state index contributed by atoms with van der Waals surface area (Å²) in [5.74, 6) is 0.655. The molecule has 0 unspecified atom stereocenters. The SMILES string of the molecule is N#CCc1nc2ccccc2n1-c1cccc(Cl)c1N. The zero-order chi connectivity index (χ0) is 14.1. The first-order valence-corrected chi connectivity index (χ1v) is 6.48. The van der Waals surface area contributed by atoms with Crippen LogP contribution in [-0.4, -0.2) is 9.55 Å². The van der Waals surface area contributed by atoms with E-state index in [0.29, 0.717) is 16.5 Å². The molecule has 0 fully saturated rings. The average molecular weight is 283 g/mol. The molecule has 20 heavy (non-hydrogen) atoms. The summed E-state index contributed by atoms with van der Waals surface area (Å²) in [6.07, 6.45) is 0.209. The largest absolute Gasteiger partial charge is 0.396 e. The molecule has 0 aliphatic heterocycles. The zero-order valence-electron chi connectivity index (χ0n) is 10.5. The molecule has 0 bridgehead atoms. The number of nitrogens with two attached hydrogens (primary N) is 1. The molecule has 3 rings (SSSR count). The first kappa shape index (κ1) is 12.5. The van der Waals surface area contributed by atoms with E-state index in [1.54, 1.807) is 6.07 Å². The molecule has 5 heteroatoms. The Labute approximate surface area is 121 Å². The minimum Gasteiger partial charge on any atom is -0.396 e. The summed E-state index contributed by atoms with van der Waals surface area (Å²) in [5.41, 5.74) is 9.04. The minimum absolute atomic E-state index is 0.209. The molecule has 1 heterocycles. The van der Waals surface area contributed by atoms with Crippen molar-refractivity contribution in [2.75, 3.05) is 5.73 Å². The molecule has 0 aliphatic rings. The van der Waals surface area contributed by atoms with Crippen LogP contribution in [0.2, 0.25) is 5.02 Å². The fourth-order valence-electron chi connectivity index (χ4n) is 2.25. The van der Waals surface area contributed by atoms with E-state index < -0.39 is 0 Å². The lowest BCUT2D eigenvalue weighted by molar-refractivity contribution is 0.956. The quantitative estimate of drug-likeness (QED) is 0.733. The van der Waals surface area contributed by atoms with Gasteiger partial charge in [-0.1, -0.05) is 29.8 Å². The summed E-state index contributed by atoms with van der Waals surface area (Å²) >= 11 is 6.09. The zero-order valence-corrected chi connectivity index (χ0v) is 11.3. The molecule has 0 saturated heterocycles. The molecule has 0 aliphatic carbocycles. The number of halogens is 1. The van der Waals surface area contributed by atoms with E-state index in [0.717, 1.165) is 16.7 Å². The van der Waals surface area contributed by atoms with Crippen LogP contribution in [0.15, 0.2) is 42.5 Å². The molecule has 0 spiro atoms. The Morgan fingerprint density at radius 3 is 2.80 bits per heavy atom. The van der Waals surface area contributed by atoms with E-state index >= 15 is 0 Å². The highest BCUT2D eigenvalue weighted by Crippen LogP contribution is 2.30. The number of imidazole rings is 1. The first-order valence-electron chi connectivity index (χ1n) is 6.10. The van der Waals surface area contributed by atoms with E-state index in [1.165, 1.54) is 0 Å². The first-order chi connectivity index (χ1) is 9.72. The van der Waals surface area contributed by atoms with Crippen molar-refractivity contribution in [2.24, 2.45) is 0 Å². The maximum atomic E-state index is 8.98. The van der Waals surface area contributed by atoms with Gasteiger partial charge in [-0.15, -0.1) is 0 Å². The highest BCUT2D eigenvalue weighted by molar-refractivity contribution is 6.33. The van der Waals surface area contributed by atoms with Gasteiger partial charge in [0.25, 0.3) is 0 Å². The van der Waals surface area contributed by atoms with Gasteiger partial charge < -0.3 is 5.73 Å². The molecular formula is C15H11ClN4. The Morgan fingerprint density at radius 1 is 1.20 bits per heavy atom.